The molecule has 0 amide bonds. The molecule has 0 aromatic heterocycles. The number of carboxylic acid groups (broad SMARTS) is 2. The van der Waals surface area contributed by atoms with Gasteiger partial charge in [-0.05, 0) is 34.7 Å². The van der Waals surface area contributed by atoms with E-state index in [1.807, 2.05) is 72.8 Å². The second-order valence-electron chi connectivity index (χ2n) is 6.42. The smallest absolute Gasteiger partial charge is 0.307 e. The highest BCUT2D eigenvalue weighted by molar-refractivity contribution is 5.87. The van der Waals surface area contributed by atoms with E-state index in [0.717, 1.165) is 21.9 Å². The highest BCUT2D eigenvalue weighted by atomic mass is 16.4. The number of hydrogen-bond acceptors (Lipinski definition) is 2. The highest BCUT2D eigenvalue weighted by Gasteiger charge is 2.34. The van der Waals surface area contributed by atoms with Crippen LogP contribution in [0.5, 0.6) is 0 Å². The van der Waals surface area contributed by atoms with Crippen molar-refractivity contribution >= 4 is 22.7 Å². The molecule has 0 heterocycles. The molecule has 0 unspecified atom stereocenters. The number of benzene rings is 3. The minimum Gasteiger partial charge on any atom is -0.481 e. The molecule has 26 heavy (non-hydrogen) atoms. The third-order valence-corrected chi connectivity index (χ3v) is 4.74. The van der Waals surface area contributed by atoms with Gasteiger partial charge in [0.15, 0.2) is 0 Å². The molecule has 4 nitrogen and oxygen atoms in total. The third-order valence-electron chi connectivity index (χ3n) is 4.74. The van der Waals surface area contributed by atoms with E-state index in [-0.39, 0.29) is 12.8 Å². The zero-order valence-corrected chi connectivity index (χ0v) is 14.2. The van der Waals surface area contributed by atoms with Crippen LogP contribution in [0.2, 0.25) is 0 Å². The maximum Gasteiger partial charge on any atom is 0.307 e. The average molecular weight is 348 g/mol. The van der Waals surface area contributed by atoms with Gasteiger partial charge in [0.1, 0.15) is 0 Å². The molecule has 3 rings (SSSR count). The van der Waals surface area contributed by atoms with E-state index in [0.29, 0.717) is 0 Å². The quantitative estimate of drug-likeness (QED) is 0.676. The molecule has 2 N–H and O–H groups in total. The van der Waals surface area contributed by atoms with Crippen LogP contribution in [-0.4, -0.2) is 22.2 Å². The van der Waals surface area contributed by atoms with Crippen LogP contribution >= 0.6 is 0 Å². The molecule has 0 bridgehead atoms. The van der Waals surface area contributed by atoms with E-state index in [4.69, 9.17) is 0 Å². The first-order valence-electron chi connectivity index (χ1n) is 8.52. The van der Waals surface area contributed by atoms with Gasteiger partial charge in [-0.2, -0.15) is 0 Å². The van der Waals surface area contributed by atoms with Crippen molar-refractivity contribution in [1.29, 1.82) is 0 Å². The van der Waals surface area contributed by atoms with E-state index in [1.54, 1.807) is 0 Å². The van der Waals surface area contributed by atoms with E-state index in [1.165, 1.54) is 0 Å². The molecule has 3 aromatic rings. The van der Waals surface area contributed by atoms with E-state index >= 15 is 0 Å². The van der Waals surface area contributed by atoms with Gasteiger partial charge in [0.05, 0.1) is 11.8 Å². The summed E-state index contributed by atoms with van der Waals surface area (Å²) in [6, 6.07) is 22.6. The molecule has 0 aliphatic carbocycles. The molecule has 0 radical (unpaired) electrons. The van der Waals surface area contributed by atoms with Crippen molar-refractivity contribution in [2.24, 2.45) is 11.8 Å². The summed E-state index contributed by atoms with van der Waals surface area (Å²) in [5, 5.41) is 21.4. The largest absolute Gasteiger partial charge is 0.481 e. The van der Waals surface area contributed by atoms with Gasteiger partial charge in [0, 0.05) is 0 Å². The molecular weight excluding hydrogens is 328 g/mol. The topological polar surface area (TPSA) is 74.6 Å². The summed E-state index contributed by atoms with van der Waals surface area (Å²) in [6.07, 6.45) is 0.373. The van der Waals surface area contributed by atoms with Crippen molar-refractivity contribution in [3.8, 4) is 0 Å². The molecule has 0 saturated heterocycles. The lowest BCUT2D eigenvalue weighted by Crippen LogP contribution is -2.33. The predicted octanol–water partition coefficient (Wildman–Crippen LogP) is 4.03. The van der Waals surface area contributed by atoms with Crippen molar-refractivity contribution in [2.45, 2.75) is 12.8 Å². The first-order valence-corrected chi connectivity index (χ1v) is 8.52. The molecule has 0 fully saturated rings. The van der Waals surface area contributed by atoms with Gasteiger partial charge >= 0.3 is 11.9 Å². The lowest BCUT2D eigenvalue weighted by atomic mass is 9.82. The minimum absolute atomic E-state index is 0.181. The summed E-state index contributed by atoms with van der Waals surface area (Å²) in [5.74, 6) is -4.16. The zero-order valence-electron chi connectivity index (χ0n) is 14.2. The molecule has 3 aromatic carbocycles. The highest BCUT2D eigenvalue weighted by Crippen LogP contribution is 2.27. The van der Waals surface area contributed by atoms with Gasteiger partial charge in [-0.1, -0.05) is 72.8 Å². The number of fused-ring (bicyclic) bond motifs is 1. The van der Waals surface area contributed by atoms with Gasteiger partial charge in [0.2, 0.25) is 0 Å². The summed E-state index contributed by atoms with van der Waals surface area (Å²) in [5.41, 5.74) is 1.68. The normalized spacial score (nSPS) is 13.2. The summed E-state index contributed by atoms with van der Waals surface area (Å²) < 4.78 is 0. The predicted molar refractivity (Wildman–Crippen MR) is 100 cm³/mol. The van der Waals surface area contributed by atoms with Crippen molar-refractivity contribution in [2.75, 3.05) is 0 Å². The van der Waals surface area contributed by atoms with E-state index in [9.17, 15) is 19.8 Å². The van der Waals surface area contributed by atoms with Gasteiger partial charge in [-0.15, -0.1) is 0 Å². The molecule has 2 atom stereocenters. The van der Waals surface area contributed by atoms with Crippen molar-refractivity contribution in [1.82, 2.24) is 0 Å². The van der Waals surface area contributed by atoms with Crippen LogP contribution < -0.4 is 0 Å². The van der Waals surface area contributed by atoms with Crippen LogP contribution in [0.3, 0.4) is 0 Å². The summed E-state index contributed by atoms with van der Waals surface area (Å²) in [4.78, 5) is 23.8. The molecule has 0 aliphatic rings. The Balaban J connectivity index is 1.94. The molecule has 4 heteroatoms. The lowest BCUT2D eigenvalue weighted by Gasteiger charge is -2.21. The summed E-state index contributed by atoms with van der Waals surface area (Å²) >= 11 is 0. The number of carbonyl (C=O) groups is 2. The second-order valence-corrected chi connectivity index (χ2v) is 6.42. The Hall–Kier alpha value is -3.14. The van der Waals surface area contributed by atoms with Crippen molar-refractivity contribution < 1.29 is 19.8 Å². The maximum absolute atomic E-state index is 11.9. The summed E-state index contributed by atoms with van der Waals surface area (Å²) in [7, 11) is 0. The SMILES string of the molecule is O=C(O)[C@@H](Cc1ccccc1)[C@@H](Cc1cccc2ccccc12)C(=O)O. The van der Waals surface area contributed by atoms with E-state index in [2.05, 4.69) is 0 Å². The Kier molecular flexibility index (Phi) is 5.32. The maximum atomic E-state index is 11.9. The Morgan fingerprint density at radius 3 is 1.96 bits per heavy atom. The Bertz CT molecular complexity index is 912. The van der Waals surface area contributed by atoms with Crippen LogP contribution in [0.25, 0.3) is 10.8 Å². The van der Waals surface area contributed by atoms with Crippen LogP contribution in [0, 0.1) is 11.8 Å². The van der Waals surface area contributed by atoms with Crippen molar-refractivity contribution in [3.05, 3.63) is 83.9 Å². The number of aliphatic carboxylic acids is 2. The number of rotatable bonds is 7. The fourth-order valence-corrected chi connectivity index (χ4v) is 3.38. The Labute approximate surface area is 151 Å². The Morgan fingerprint density at radius 1 is 0.692 bits per heavy atom. The molecule has 0 spiro atoms. The van der Waals surface area contributed by atoms with Gasteiger partial charge in [-0.3, -0.25) is 9.59 Å². The Morgan fingerprint density at radius 2 is 1.27 bits per heavy atom. The summed E-state index contributed by atoms with van der Waals surface area (Å²) in [6.45, 7) is 0. The fourth-order valence-electron chi connectivity index (χ4n) is 3.38. The second kappa shape index (κ2) is 7.83. The lowest BCUT2D eigenvalue weighted by molar-refractivity contribution is -0.153. The first kappa shape index (κ1) is 17.7. The number of hydrogen-bond donors (Lipinski definition) is 2. The van der Waals surface area contributed by atoms with Crippen LogP contribution in [0.1, 0.15) is 11.1 Å². The molecule has 132 valence electrons. The van der Waals surface area contributed by atoms with Gasteiger partial charge < -0.3 is 10.2 Å². The first-order chi connectivity index (χ1) is 12.6. The van der Waals surface area contributed by atoms with Crippen LogP contribution in [0.4, 0.5) is 0 Å². The minimum atomic E-state index is -1.08. The molecule has 0 aliphatic heterocycles. The van der Waals surface area contributed by atoms with Gasteiger partial charge in [-0.25, -0.2) is 0 Å². The monoisotopic (exact) mass is 348 g/mol. The van der Waals surface area contributed by atoms with E-state index < -0.39 is 23.8 Å². The average Bonchev–Trinajstić information content (AvgIpc) is 2.65. The van der Waals surface area contributed by atoms with Crippen LogP contribution in [-0.2, 0) is 22.4 Å². The standard InChI is InChI=1S/C22H20O4/c23-21(24)19(13-15-7-2-1-3-8-15)20(22(25)26)14-17-11-6-10-16-9-4-5-12-18(16)17/h1-12,19-20H,13-14H2,(H,23,24)(H,25,26)/t19-,20+/m0/s1. The molecule has 0 saturated carbocycles. The zero-order chi connectivity index (χ0) is 18.5. The van der Waals surface area contributed by atoms with Gasteiger partial charge in [0.25, 0.3) is 0 Å². The van der Waals surface area contributed by atoms with Crippen molar-refractivity contribution in [3.63, 3.8) is 0 Å². The van der Waals surface area contributed by atoms with Crippen LogP contribution in [0.15, 0.2) is 72.8 Å². The molecular formula is C22H20O4. The number of carboxylic acids is 2. The fraction of sp³-hybridized carbons (Fsp3) is 0.182. The third kappa shape index (κ3) is 3.91.